The van der Waals surface area contributed by atoms with Crippen molar-refractivity contribution in [2.75, 3.05) is 0 Å². The molecule has 0 amide bonds. The summed E-state index contributed by atoms with van der Waals surface area (Å²) >= 11 is 0. The van der Waals surface area contributed by atoms with E-state index in [0.29, 0.717) is 5.56 Å². The zero-order chi connectivity index (χ0) is 27.1. The quantitative estimate of drug-likeness (QED) is 0.219. The molecule has 0 N–H and O–H groups in total. The van der Waals surface area contributed by atoms with Crippen molar-refractivity contribution in [3.63, 3.8) is 0 Å². The molecule has 5 nitrogen and oxygen atoms in total. The zero-order valence-electron chi connectivity index (χ0n) is 21.7. The Morgan fingerprint density at radius 2 is 1.32 bits per heavy atom. The van der Waals surface area contributed by atoms with E-state index in [1.54, 1.807) is 0 Å². The third-order valence-electron chi connectivity index (χ3n) is 8.58. The summed E-state index contributed by atoms with van der Waals surface area (Å²) in [7, 11) is 0. The molecule has 0 saturated carbocycles. The lowest BCUT2D eigenvalue weighted by Gasteiger charge is -2.38. The van der Waals surface area contributed by atoms with Crippen molar-refractivity contribution in [1.82, 2.24) is 14.5 Å². The molecule has 0 atom stereocenters. The summed E-state index contributed by atoms with van der Waals surface area (Å²) in [6, 6.07) is 39.5. The molecule has 1 spiro atoms. The van der Waals surface area contributed by atoms with Gasteiger partial charge < -0.3 is 9.30 Å². The Morgan fingerprint density at radius 1 is 0.634 bits per heavy atom. The van der Waals surface area contributed by atoms with Crippen molar-refractivity contribution >= 4 is 21.8 Å². The molecule has 0 bridgehead atoms. The number of pyridine rings is 2. The Kier molecular flexibility index (Phi) is 4.27. The maximum Gasteiger partial charge on any atom is 0.132 e. The van der Waals surface area contributed by atoms with Gasteiger partial charge in [-0.3, -0.25) is 9.97 Å². The van der Waals surface area contributed by atoms with Gasteiger partial charge in [-0.2, -0.15) is 5.26 Å². The molecule has 5 heteroatoms. The van der Waals surface area contributed by atoms with E-state index >= 15 is 0 Å². The molecule has 9 rings (SSSR count). The van der Waals surface area contributed by atoms with Crippen LogP contribution in [0.1, 0.15) is 27.8 Å². The molecule has 1 aliphatic heterocycles. The van der Waals surface area contributed by atoms with Gasteiger partial charge in [-0.25, -0.2) is 0 Å². The number of ether oxygens (including phenoxy) is 1. The number of para-hydroxylation sites is 3. The molecule has 41 heavy (non-hydrogen) atoms. The number of hydrogen-bond acceptors (Lipinski definition) is 4. The third kappa shape index (κ3) is 2.73. The highest BCUT2D eigenvalue weighted by atomic mass is 16.5. The van der Waals surface area contributed by atoms with Gasteiger partial charge >= 0.3 is 0 Å². The van der Waals surface area contributed by atoms with E-state index in [9.17, 15) is 5.26 Å². The van der Waals surface area contributed by atoms with Crippen LogP contribution in [0.5, 0.6) is 11.5 Å². The Bertz CT molecular complexity index is 2230. The first-order valence-electron chi connectivity index (χ1n) is 13.6. The monoisotopic (exact) mass is 524 g/mol. The van der Waals surface area contributed by atoms with Crippen LogP contribution in [0.15, 0.2) is 122 Å². The second-order valence-corrected chi connectivity index (χ2v) is 10.5. The highest BCUT2D eigenvalue weighted by molar-refractivity contribution is 6.09. The number of nitriles is 1. The molecule has 4 heterocycles. The summed E-state index contributed by atoms with van der Waals surface area (Å²) in [6.45, 7) is 0. The van der Waals surface area contributed by atoms with Crippen molar-refractivity contribution < 1.29 is 4.74 Å². The Balaban J connectivity index is 1.42. The first-order chi connectivity index (χ1) is 20.3. The fraction of sp³-hybridized carbons (Fsp3) is 0.0278. The van der Waals surface area contributed by atoms with Gasteiger partial charge in [0.25, 0.3) is 0 Å². The van der Waals surface area contributed by atoms with Gasteiger partial charge in [-0.05, 0) is 54.1 Å². The number of rotatable bonds is 1. The van der Waals surface area contributed by atoms with Gasteiger partial charge in [0.2, 0.25) is 0 Å². The SMILES string of the molecule is N#Cc1ccc2c(c1)c1ccccc1n2-c1cnc2c(c1)C1(c3ccccc3Oc3ccccc31)c1cccnc1-2. The van der Waals surface area contributed by atoms with Gasteiger partial charge in [-0.1, -0.05) is 60.7 Å². The molecule has 4 aromatic carbocycles. The van der Waals surface area contributed by atoms with Crippen LogP contribution in [0, 0.1) is 11.3 Å². The molecule has 1 aliphatic carbocycles. The largest absolute Gasteiger partial charge is 0.457 e. The van der Waals surface area contributed by atoms with Crippen LogP contribution in [0.4, 0.5) is 0 Å². The molecule has 0 unspecified atom stereocenters. The standard InChI is InChI=1S/C36H20N4O/c37-20-22-15-16-31-25(18-22)24-8-1-4-12-30(24)40(31)23-19-29-35(39-21-23)34-28(11-7-17-38-34)36(29)26-9-2-5-13-32(26)41-33-14-6-3-10-27(33)36/h1-19,21H. The summed E-state index contributed by atoms with van der Waals surface area (Å²) in [6.07, 6.45) is 3.78. The van der Waals surface area contributed by atoms with Gasteiger partial charge in [-0.15, -0.1) is 0 Å². The second kappa shape index (κ2) is 7.91. The first kappa shape index (κ1) is 22.1. The van der Waals surface area contributed by atoms with E-state index in [-0.39, 0.29) is 0 Å². The summed E-state index contributed by atoms with van der Waals surface area (Å²) in [5.41, 5.74) is 9.15. The number of hydrogen-bond donors (Lipinski definition) is 0. The molecule has 0 fully saturated rings. The minimum absolute atomic E-state index is 0.639. The molecule has 0 saturated heterocycles. The van der Waals surface area contributed by atoms with Crippen LogP contribution in [0.3, 0.4) is 0 Å². The van der Waals surface area contributed by atoms with Gasteiger partial charge in [0, 0.05) is 33.7 Å². The molecule has 190 valence electrons. The van der Waals surface area contributed by atoms with E-state index in [1.807, 2.05) is 67.0 Å². The van der Waals surface area contributed by atoms with Crippen molar-refractivity contribution in [2.45, 2.75) is 5.41 Å². The fourth-order valence-electron chi connectivity index (χ4n) is 6.99. The molecular formula is C36H20N4O. The van der Waals surface area contributed by atoms with Crippen LogP contribution in [0.2, 0.25) is 0 Å². The lowest BCUT2D eigenvalue weighted by molar-refractivity contribution is 0.436. The maximum atomic E-state index is 9.60. The topological polar surface area (TPSA) is 63.7 Å². The Morgan fingerprint density at radius 3 is 2.12 bits per heavy atom. The number of nitrogens with zero attached hydrogens (tertiary/aromatic N) is 4. The summed E-state index contributed by atoms with van der Waals surface area (Å²) in [5, 5.41) is 11.7. The van der Waals surface area contributed by atoms with Crippen molar-refractivity contribution in [2.24, 2.45) is 0 Å². The van der Waals surface area contributed by atoms with E-state index < -0.39 is 5.41 Å². The highest BCUT2D eigenvalue weighted by Crippen LogP contribution is 2.61. The average molecular weight is 525 g/mol. The number of fused-ring (bicyclic) bond motifs is 12. The lowest BCUT2D eigenvalue weighted by atomic mass is 9.66. The Hall–Kier alpha value is -5.73. The number of aromatic nitrogens is 3. The first-order valence-corrected chi connectivity index (χ1v) is 13.6. The van der Waals surface area contributed by atoms with E-state index in [1.165, 1.54) is 0 Å². The van der Waals surface area contributed by atoms with Crippen LogP contribution in [0.25, 0.3) is 38.9 Å². The fourth-order valence-corrected chi connectivity index (χ4v) is 6.99. The molecule has 2 aliphatic rings. The molecule has 3 aromatic heterocycles. The van der Waals surface area contributed by atoms with Gasteiger partial charge in [0.1, 0.15) is 11.5 Å². The Labute approximate surface area is 235 Å². The van der Waals surface area contributed by atoms with Crippen molar-refractivity contribution in [3.8, 4) is 34.6 Å². The predicted molar refractivity (Wildman–Crippen MR) is 158 cm³/mol. The summed E-state index contributed by atoms with van der Waals surface area (Å²) in [4.78, 5) is 9.99. The molecule has 0 radical (unpaired) electrons. The summed E-state index contributed by atoms with van der Waals surface area (Å²) < 4.78 is 8.71. The molecule has 7 aromatic rings. The van der Waals surface area contributed by atoms with Gasteiger partial charge in [0.15, 0.2) is 0 Å². The van der Waals surface area contributed by atoms with Crippen LogP contribution in [-0.4, -0.2) is 14.5 Å². The number of benzene rings is 4. The summed E-state index contributed by atoms with van der Waals surface area (Å²) in [5.74, 6) is 1.67. The van der Waals surface area contributed by atoms with Crippen LogP contribution >= 0.6 is 0 Å². The minimum atomic E-state index is -0.639. The van der Waals surface area contributed by atoms with E-state index in [4.69, 9.17) is 14.7 Å². The third-order valence-corrected chi connectivity index (χ3v) is 8.58. The van der Waals surface area contributed by atoms with Crippen molar-refractivity contribution in [1.29, 1.82) is 5.26 Å². The van der Waals surface area contributed by atoms with E-state index in [2.05, 4.69) is 65.2 Å². The minimum Gasteiger partial charge on any atom is -0.457 e. The smallest absolute Gasteiger partial charge is 0.132 e. The second-order valence-electron chi connectivity index (χ2n) is 10.5. The normalized spacial score (nSPS) is 13.7. The van der Waals surface area contributed by atoms with Crippen molar-refractivity contribution in [3.05, 3.63) is 149 Å². The van der Waals surface area contributed by atoms with Crippen LogP contribution in [-0.2, 0) is 5.41 Å². The van der Waals surface area contributed by atoms with Crippen LogP contribution < -0.4 is 4.74 Å². The van der Waals surface area contributed by atoms with Gasteiger partial charge in [0.05, 0.1) is 51.4 Å². The lowest BCUT2D eigenvalue weighted by Crippen LogP contribution is -2.32. The van der Waals surface area contributed by atoms with E-state index in [0.717, 1.165) is 72.6 Å². The average Bonchev–Trinajstić information content (AvgIpc) is 3.51. The highest BCUT2D eigenvalue weighted by Gasteiger charge is 2.52. The predicted octanol–water partition coefficient (Wildman–Crippen LogP) is 7.91. The maximum absolute atomic E-state index is 9.60. The zero-order valence-corrected chi connectivity index (χ0v) is 21.7. The molecular weight excluding hydrogens is 504 g/mol.